The average Bonchev–Trinajstić information content (AvgIpc) is 2.72. The predicted octanol–water partition coefficient (Wildman–Crippen LogP) is 3.25. The third kappa shape index (κ3) is 5.50. The lowest BCUT2D eigenvalue weighted by molar-refractivity contribution is -0.137. The molecule has 0 radical (unpaired) electrons. The fourth-order valence-corrected chi connectivity index (χ4v) is 3.96. The molecule has 1 aliphatic rings. The van der Waals surface area contributed by atoms with Crippen molar-refractivity contribution >= 4 is 21.6 Å². The molecule has 1 saturated heterocycles. The quantitative estimate of drug-likeness (QED) is 0.666. The van der Waals surface area contributed by atoms with Gasteiger partial charge in [0.1, 0.15) is 11.6 Å². The van der Waals surface area contributed by atoms with Crippen molar-refractivity contribution < 1.29 is 31.1 Å². The number of hydrogen-bond acceptors (Lipinski definition) is 6. The van der Waals surface area contributed by atoms with E-state index in [1.807, 2.05) is 0 Å². The van der Waals surface area contributed by atoms with Crippen LogP contribution in [0.2, 0.25) is 0 Å². The largest absolute Gasteiger partial charge is 0.490 e. The number of amides is 1. The van der Waals surface area contributed by atoms with Gasteiger partial charge in [-0.25, -0.2) is 13.4 Å². The molecule has 1 aromatic heterocycles. The van der Waals surface area contributed by atoms with Crippen LogP contribution in [0, 0.1) is 0 Å². The molecule has 7 nitrogen and oxygen atoms in total. The molecule has 11 heteroatoms. The number of nitrogens with zero attached hydrogens (tertiary/aromatic N) is 3. The summed E-state index contributed by atoms with van der Waals surface area (Å²) in [6.07, 6.45) is -2.81. The molecule has 1 aromatic carbocycles. The lowest BCUT2D eigenvalue weighted by Crippen LogP contribution is -2.49. The van der Waals surface area contributed by atoms with Crippen LogP contribution in [0.4, 0.5) is 19.0 Å². The standard InChI is InChI=1S/C21H24F3N3O4S/c1-14(2)31-18-6-5-16(32(3,29)30)12-17(18)20(28)27-10-8-26(9-11-27)19-7-4-15(13-25-19)21(22,23)24/h4-7,12-14H,8-11H2,1-3H3. The number of carbonyl (C=O) groups excluding carboxylic acids is 1. The van der Waals surface area contributed by atoms with Crippen molar-refractivity contribution in [3.8, 4) is 5.75 Å². The molecule has 3 rings (SSSR count). The molecule has 1 amide bonds. The molecule has 0 unspecified atom stereocenters. The Morgan fingerprint density at radius 2 is 1.75 bits per heavy atom. The first-order valence-electron chi connectivity index (χ1n) is 9.94. The third-order valence-corrected chi connectivity index (χ3v) is 6.05. The number of ether oxygens (including phenoxy) is 1. The van der Waals surface area contributed by atoms with Crippen LogP contribution in [-0.2, 0) is 16.0 Å². The monoisotopic (exact) mass is 471 g/mol. The molecule has 32 heavy (non-hydrogen) atoms. The molecular weight excluding hydrogens is 447 g/mol. The first-order valence-corrected chi connectivity index (χ1v) is 11.8. The Bertz CT molecular complexity index is 1080. The minimum Gasteiger partial charge on any atom is -0.490 e. The Morgan fingerprint density at radius 3 is 2.25 bits per heavy atom. The fourth-order valence-electron chi connectivity index (χ4n) is 3.31. The highest BCUT2D eigenvalue weighted by Gasteiger charge is 2.31. The van der Waals surface area contributed by atoms with E-state index in [0.29, 0.717) is 37.7 Å². The summed E-state index contributed by atoms with van der Waals surface area (Å²) in [5.41, 5.74) is -0.666. The maximum absolute atomic E-state index is 13.2. The Morgan fingerprint density at radius 1 is 1.09 bits per heavy atom. The van der Waals surface area contributed by atoms with Crippen molar-refractivity contribution in [2.24, 2.45) is 0 Å². The number of hydrogen-bond donors (Lipinski definition) is 0. The average molecular weight is 472 g/mol. The molecule has 1 fully saturated rings. The van der Waals surface area contributed by atoms with Crippen LogP contribution >= 0.6 is 0 Å². The highest BCUT2D eigenvalue weighted by Crippen LogP contribution is 2.30. The number of aromatic nitrogens is 1. The third-order valence-electron chi connectivity index (χ3n) is 4.94. The van der Waals surface area contributed by atoms with Gasteiger partial charge in [-0.05, 0) is 44.2 Å². The van der Waals surface area contributed by atoms with Crippen molar-refractivity contribution in [2.75, 3.05) is 37.3 Å². The van der Waals surface area contributed by atoms with Gasteiger partial charge < -0.3 is 14.5 Å². The van der Waals surface area contributed by atoms with E-state index in [9.17, 15) is 26.4 Å². The molecule has 2 aromatic rings. The maximum Gasteiger partial charge on any atom is 0.417 e. The molecule has 0 atom stereocenters. The summed E-state index contributed by atoms with van der Waals surface area (Å²) in [6, 6.07) is 6.49. The molecule has 174 valence electrons. The van der Waals surface area contributed by atoms with Gasteiger partial charge in [0.05, 0.1) is 22.1 Å². The number of benzene rings is 1. The molecule has 0 spiro atoms. The van der Waals surface area contributed by atoms with Gasteiger partial charge >= 0.3 is 6.18 Å². The van der Waals surface area contributed by atoms with Crippen molar-refractivity contribution in [3.05, 3.63) is 47.7 Å². The fraction of sp³-hybridized carbons (Fsp3) is 0.429. The number of piperazine rings is 1. The Labute approximate surface area is 184 Å². The summed E-state index contributed by atoms with van der Waals surface area (Å²) >= 11 is 0. The topological polar surface area (TPSA) is 79.8 Å². The van der Waals surface area contributed by atoms with Crippen molar-refractivity contribution in [3.63, 3.8) is 0 Å². The molecule has 1 aliphatic heterocycles. The SMILES string of the molecule is CC(C)Oc1ccc(S(C)(=O)=O)cc1C(=O)N1CCN(c2ccc(C(F)(F)F)cn2)CC1. The molecule has 0 N–H and O–H groups in total. The van der Waals surface area contributed by atoms with Crippen LogP contribution in [0.5, 0.6) is 5.75 Å². The van der Waals surface area contributed by atoms with E-state index in [1.54, 1.807) is 23.6 Å². The van der Waals surface area contributed by atoms with E-state index in [1.165, 1.54) is 24.3 Å². The molecule has 0 aliphatic carbocycles. The molecule has 0 bridgehead atoms. The second kappa shape index (κ2) is 8.97. The van der Waals surface area contributed by atoms with E-state index in [-0.39, 0.29) is 22.5 Å². The molecule has 2 heterocycles. The number of anilines is 1. The highest BCUT2D eigenvalue weighted by atomic mass is 32.2. The van der Waals surface area contributed by atoms with Crippen LogP contribution in [0.25, 0.3) is 0 Å². The molecular formula is C21H24F3N3O4S. The van der Waals surface area contributed by atoms with Crippen molar-refractivity contribution in [2.45, 2.75) is 31.0 Å². The summed E-state index contributed by atoms with van der Waals surface area (Å²) in [6.45, 7) is 4.94. The number of alkyl halides is 3. The van der Waals surface area contributed by atoms with E-state index in [2.05, 4.69) is 4.98 Å². The van der Waals surface area contributed by atoms with E-state index in [0.717, 1.165) is 18.5 Å². The Balaban J connectivity index is 1.76. The smallest absolute Gasteiger partial charge is 0.417 e. The summed E-state index contributed by atoms with van der Waals surface area (Å²) in [5, 5.41) is 0. The predicted molar refractivity (Wildman–Crippen MR) is 113 cm³/mol. The number of pyridine rings is 1. The van der Waals surface area contributed by atoms with Crippen LogP contribution in [0.1, 0.15) is 29.8 Å². The Hall–Kier alpha value is -2.82. The summed E-state index contributed by atoms with van der Waals surface area (Å²) in [4.78, 5) is 20.4. The number of sulfone groups is 1. The van der Waals surface area contributed by atoms with Crippen LogP contribution in [0.15, 0.2) is 41.4 Å². The van der Waals surface area contributed by atoms with Gasteiger partial charge in [-0.1, -0.05) is 0 Å². The van der Waals surface area contributed by atoms with Crippen molar-refractivity contribution in [1.29, 1.82) is 0 Å². The van der Waals surface area contributed by atoms with Gasteiger partial charge in [-0.2, -0.15) is 13.2 Å². The number of carbonyl (C=O) groups is 1. The normalized spacial score (nSPS) is 15.2. The van der Waals surface area contributed by atoms with Crippen molar-refractivity contribution in [1.82, 2.24) is 9.88 Å². The zero-order chi connectivity index (χ0) is 23.7. The minimum absolute atomic E-state index is 0.0181. The zero-order valence-electron chi connectivity index (χ0n) is 17.9. The first kappa shape index (κ1) is 23.8. The zero-order valence-corrected chi connectivity index (χ0v) is 18.7. The van der Waals surface area contributed by atoms with Gasteiger partial charge in [0.25, 0.3) is 5.91 Å². The number of halogens is 3. The minimum atomic E-state index is -4.45. The summed E-state index contributed by atoms with van der Waals surface area (Å²) in [7, 11) is -3.52. The van der Waals surface area contributed by atoms with Gasteiger partial charge in [0.2, 0.25) is 0 Å². The second-order valence-corrected chi connectivity index (χ2v) is 9.79. The van der Waals surface area contributed by atoms with Gasteiger partial charge in [-0.3, -0.25) is 4.79 Å². The van der Waals surface area contributed by atoms with Gasteiger partial charge in [-0.15, -0.1) is 0 Å². The summed E-state index contributed by atoms with van der Waals surface area (Å²) < 4.78 is 67.8. The molecule has 0 saturated carbocycles. The maximum atomic E-state index is 13.2. The second-order valence-electron chi connectivity index (χ2n) is 7.78. The van der Waals surface area contributed by atoms with Crippen LogP contribution in [0.3, 0.4) is 0 Å². The van der Waals surface area contributed by atoms with Gasteiger partial charge in [0.15, 0.2) is 9.84 Å². The summed E-state index contributed by atoms with van der Waals surface area (Å²) in [5.74, 6) is 0.323. The van der Waals surface area contributed by atoms with E-state index >= 15 is 0 Å². The number of rotatable bonds is 5. The lowest BCUT2D eigenvalue weighted by atomic mass is 10.1. The van der Waals surface area contributed by atoms with Gasteiger partial charge in [0, 0.05) is 38.6 Å². The van der Waals surface area contributed by atoms with Crippen LogP contribution < -0.4 is 9.64 Å². The lowest BCUT2D eigenvalue weighted by Gasteiger charge is -2.35. The van der Waals surface area contributed by atoms with E-state index in [4.69, 9.17) is 4.74 Å². The van der Waals surface area contributed by atoms with Crippen LogP contribution in [-0.4, -0.2) is 62.7 Å². The Kier molecular flexibility index (Phi) is 6.68. The highest BCUT2D eigenvalue weighted by molar-refractivity contribution is 7.90. The first-order chi connectivity index (χ1) is 14.9. The van der Waals surface area contributed by atoms with E-state index < -0.39 is 21.6 Å².